The summed E-state index contributed by atoms with van der Waals surface area (Å²) in [4.78, 5) is 3.25. The van der Waals surface area contributed by atoms with Crippen molar-refractivity contribution >= 4 is 54.6 Å². The average Bonchev–Trinajstić information content (AvgIpc) is 1.39. The van der Waals surface area contributed by atoms with Gasteiger partial charge in [-0.15, -0.1) is 5.53 Å². The average molecular weight is 503 g/mol. The van der Waals surface area contributed by atoms with Gasteiger partial charge in [-0.05, 0) is 10.4 Å². The first-order chi connectivity index (χ1) is 2.83. The summed E-state index contributed by atoms with van der Waals surface area (Å²) < 4.78 is 0. The molecule has 0 aliphatic rings. The van der Waals surface area contributed by atoms with Crippen molar-refractivity contribution in [3.63, 3.8) is 0 Å². The Hall–Kier alpha value is 0.464. The fourth-order valence-electron chi connectivity index (χ4n) is 0. The first-order valence-electron chi connectivity index (χ1n) is 0.824. The number of nitrogens with zero attached hydrogens (tertiary/aromatic N) is 5. The first-order valence-corrected chi connectivity index (χ1v) is 0.824. The molecule has 0 atom stereocenters. The zero-order chi connectivity index (χ0) is 5.41. The molecule has 0 rings (SSSR count). The monoisotopic (exact) mass is 505 g/mol. The molecule has 0 aromatic carbocycles. The van der Waals surface area contributed by atoms with Crippen LogP contribution in [0.2, 0.25) is 0 Å². The van der Waals surface area contributed by atoms with E-state index in [2.05, 4.69) is 0 Å². The van der Waals surface area contributed by atoms with E-state index in [4.69, 9.17) is 22.1 Å². The molecule has 0 aromatic heterocycles. The first kappa shape index (κ1) is 23.7. The van der Waals surface area contributed by atoms with Crippen molar-refractivity contribution in [2.24, 2.45) is 0 Å². The van der Waals surface area contributed by atoms with Crippen LogP contribution in [0.5, 0.6) is 0 Å². The summed E-state index contributed by atoms with van der Waals surface area (Å²) in [7, 11) is 0. The van der Waals surface area contributed by atoms with Crippen molar-refractivity contribution in [1.82, 2.24) is 0 Å². The summed E-state index contributed by atoms with van der Waals surface area (Å²) in [6, 6.07) is 0. The molecule has 0 unspecified atom stereocenters. The van der Waals surface area contributed by atoms with E-state index < -0.39 is 0 Å². The normalized spacial score (nSPS) is 2.00. The van der Waals surface area contributed by atoms with Crippen molar-refractivity contribution in [3.8, 4) is 0 Å². The third-order valence-electron chi connectivity index (χ3n) is 0. The maximum absolute atomic E-state index is 6.86. The Bertz CT molecular complexity index is 60.5. The second kappa shape index (κ2) is 51.4. The van der Waals surface area contributed by atoms with E-state index in [-0.39, 0.29) is 54.6 Å². The quantitative estimate of drug-likeness (QED) is 0.206. The zero-order valence-corrected chi connectivity index (χ0v) is 15.1. The van der Waals surface area contributed by atoms with Gasteiger partial charge in [0, 0.05) is 0 Å². The van der Waals surface area contributed by atoms with Crippen LogP contribution in [-0.4, -0.2) is 54.6 Å². The van der Waals surface area contributed by atoms with Crippen molar-refractivity contribution in [2.75, 3.05) is 0 Å². The Morgan fingerprint density at radius 3 is 1.00 bits per heavy atom. The van der Waals surface area contributed by atoms with Crippen LogP contribution in [0.3, 0.4) is 0 Å². The fourth-order valence-corrected chi connectivity index (χ4v) is 0. The number of hydrogen-bond acceptors (Lipinski definition) is 1. The summed E-state index contributed by atoms with van der Waals surface area (Å²) in [6.45, 7) is 0. The summed E-state index contributed by atoms with van der Waals surface area (Å²) in [5.74, 6) is 0. The van der Waals surface area contributed by atoms with E-state index in [0.29, 0.717) is 0 Å². The predicted molar refractivity (Wildman–Crippen MR) is 36.6 cm³/mol. The number of hydrogen-bond donors (Lipinski definition) is 1. The molecule has 8 heteroatoms. The van der Waals surface area contributed by atoms with Gasteiger partial charge in [0.2, 0.25) is 0 Å². The Kier molecular flexibility index (Phi) is 152. The molecule has 0 aliphatic heterocycles. The van der Waals surface area contributed by atoms with Crippen LogP contribution in [0, 0.1) is 5.53 Å². The number of rotatable bonds is 0. The second-order valence-corrected chi connectivity index (χ2v) is 0.189. The van der Waals surface area contributed by atoms with Crippen LogP contribution in [0.15, 0.2) is 0 Å². The topological polar surface area (TPSA) is 119 Å². The van der Waals surface area contributed by atoms with Gasteiger partial charge in [-0.3, -0.25) is 4.91 Å². The molecule has 0 spiro atoms. The SMILES string of the molecule is [N-]=[N+]=N.[N-]=[N+]=[N-].[PbH2].[PbH2]. The van der Waals surface area contributed by atoms with E-state index in [1.54, 1.807) is 4.91 Å². The van der Waals surface area contributed by atoms with E-state index in [9.17, 15) is 0 Å². The molecule has 0 aromatic rings. The van der Waals surface area contributed by atoms with Crippen LogP contribution < -0.4 is 0 Å². The minimum absolute atomic E-state index is 0. The Balaban J connectivity index is -0.0000000160. The van der Waals surface area contributed by atoms with Gasteiger partial charge in [-0.2, -0.15) is 0 Å². The molecule has 44 valence electrons. The molecule has 1 N–H and O–H groups in total. The Morgan fingerprint density at radius 2 is 1.00 bits per heavy atom. The molecule has 0 bridgehead atoms. The molecular formula is H5N6Pb2-. The fraction of sp³-hybridized carbons (Fsp3) is 0. The Labute approximate surface area is 85.8 Å². The van der Waals surface area contributed by atoms with Crippen LogP contribution >= 0.6 is 0 Å². The standard InChI is InChI=1S/HN3.N3.2Pb.4H/c2*1-3-2;;;;;;/h1H;;;;;;;/q;-1;;;;;;. The van der Waals surface area contributed by atoms with Crippen LogP contribution in [0.1, 0.15) is 0 Å². The molecule has 8 heavy (non-hydrogen) atoms. The minimum atomic E-state index is 0. The molecule has 0 amide bonds. The van der Waals surface area contributed by atoms with Gasteiger partial charge >= 0.3 is 54.6 Å². The molecule has 0 saturated carbocycles. The molecule has 4 radical (unpaired) electrons. The van der Waals surface area contributed by atoms with Gasteiger partial charge < -0.3 is 11.1 Å². The summed E-state index contributed by atoms with van der Waals surface area (Å²) in [5.41, 5.74) is 25.8. The number of nitrogens with one attached hydrogen (secondary N) is 1. The molecule has 0 fully saturated rings. The summed E-state index contributed by atoms with van der Waals surface area (Å²) in [5, 5.41) is 0. The van der Waals surface area contributed by atoms with Gasteiger partial charge in [0.1, 0.15) is 0 Å². The van der Waals surface area contributed by atoms with Crippen LogP contribution in [-0.2, 0) is 0 Å². The van der Waals surface area contributed by atoms with E-state index in [1.165, 1.54) is 4.91 Å². The summed E-state index contributed by atoms with van der Waals surface area (Å²) in [6.07, 6.45) is 0. The third-order valence-corrected chi connectivity index (χ3v) is 0. The molecule has 6 nitrogen and oxygen atoms in total. The maximum atomic E-state index is 6.86. The van der Waals surface area contributed by atoms with Gasteiger partial charge in [0.25, 0.3) is 0 Å². The van der Waals surface area contributed by atoms with Gasteiger partial charge in [-0.25, -0.2) is 0 Å². The molecule has 0 heterocycles. The third kappa shape index (κ3) is 896. The molecule has 0 saturated heterocycles. The van der Waals surface area contributed by atoms with Crippen molar-refractivity contribution in [1.29, 1.82) is 5.53 Å². The van der Waals surface area contributed by atoms with E-state index in [1.807, 2.05) is 0 Å². The summed E-state index contributed by atoms with van der Waals surface area (Å²) >= 11 is 0. The van der Waals surface area contributed by atoms with Gasteiger partial charge in [0.15, 0.2) is 0 Å². The van der Waals surface area contributed by atoms with E-state index >= 15 is 0 Å². The zero-order valence-electron chi connectivity index (χ0n) is 4.15. The van der Waals surface area contributed by atoms with Crippen molar-refractivity contribution in [2.45, 2.75) is 0 Å². The van der Waals surface area contributed by atoms with E-state index in [0.717, 1.165) is 0 Å². The predicted octanol–water partition coefficient (Wildman–Crippen LogP) is -0.0908. The van der Waals surface area contributed by atoms with Gasteiger partial charge in [-0.1, -0.05) is 0 Å². The van der Waals surface area contributed by atoms with Crippen LogP contribution in [0.4, 0.5) is 0 Å². The van der Waals surface area contributed by atoms with Crippen molar-refractivity contribution in [3.05, 3.63) is 26.4 Å². The second-order valence-electron chi connectivity index (χ2n) is 0.189. The van der Waals surface area contributed by atoms with Gasteiger partial charge in [0.05, 0.1) is 0 Å². The van der Waals surface area contributed by atoms with Crippen molar-refractivity contribution < 1.29 is 0 Å². The molecular weight excluding hydrogens is 498 g/mol. The molecule has 0 aliphatic carbocycles. The Morgan fingerprint density at radius 1 is 1.00 bits per heavy atom. The van der Waals surface area contributed by atoms with Crippen LogP contribution in [0.25, 0.3) is 26.4 Å².